The van der Waals surface area contributed by atoms with Gasteiger partial charge in [-0.3, -0.25) is 13.9 Å². The highest BCUT2D eigenvalue weighted by Gasteiger charge is 2.55. The van der Waals surface area contributed by atoms with Crippen molar-refractivity contribution in [1.82, 2.24) is 24.6 Å². The maximum absolute atomic E-state index is 15.8. The van der Waals surface area contributed by atoms with Crippen LogP contribution in [0.5, 0.6) is 11.6 Å². The Hall–Kier alpha value is -3.88. The van der Waals surface area contributed by atoms with E-state index in [0.717, 1.165) is 5.39 Å². The number of benzene rings is 2. The normalized spacial score (nSPS) is 23.7. The third-order valence-corrected chi connectivity index (χ3v) is 8.90. The van der Waals surface area contributed by atoms with Gasteiger partial charge in [0.1, 0.15) is 23.5 Å². The number of nitrogens with zero attached hydrogens (tertiary/aromatic N) is 4. The molecule has 0 spiro atoms. The predicted octanol–water partition coefficient (Wildman–Crippen LogP) is 4.33. The first-order valence-corrected chi connectivity index (χ1v) is 16.1. The van der Waals surface area contributed by atoms with Gasteiger partial charge in [-0.2, -0.15) is 15.1 Å². The molecule has 0 saturated carbocycles. The summed E-state index contributed by atoms with van der Waals surface area (Å²) in [5, 5.41) is 15.3. The van der Waals surface area contributed by atoms with Gasteiger partial charge in [-0.25, -0.2) is 13.9 Å². The van der Waals surface area contributed by atoms with Crippen LogP contribution in [-0.2, 0) is 23.4 Å². The van der Waals surface area contributed by atoms with Crippen LogP contribution in [0.25, 0.3) is 21.9 Å². The first-order valence-electron chi connectivity index (χ1n) is 14.5. The Kier molecular flexibility index (Phi) is 9.26. The van der Waals surface area contributed by atoms with Crippen molar-refractivity contribution in [2.45, 2.75) is 64.8 Å². The molecular formula is C30H38FN6O8P. The van der Waals surface area contributed by atoms with Gasteiger partial charge in [-0.15, -0.1) is 0 Å². The number of alkyl halides is 1. The Balaban J connectivity index is 1.40. The second-order valence-corrected chi connectivity index (χ2v) is 14.1. The molecule has 5 rings (SSSR count). The largest absolute Gasteiger partial charge is 0.479 e. The summed E-state index contributed by atoms with van der Waals surface area (Å²) >= 11 is 0. The van der Waals surface area contributed by atoms with Gasteiger partial charge in [0, 0.05) is 5.39 Å². The maximum atomic E-state index is 15.8. The number of anilines is 1. The number of hydrogen-bond acceptors (Lipinski definition) is 12. The molecule has 16 heteroatoms. The molecule has 0 bridgehead atoms. The topological polar surface area (TPSA) is 182 Å². The molecule has 0 amide bonds. The minimum absolute atomic E-state index is 0.0864. The van der Waals surface area contributed by atoms with E-state index < -0.39 is 50.5 Å². The van der Waals surface area contributed by atoms with E-state index in [1.54, 1.807) is 24.3 Å². The molecule has 14 nitrogen and oxygen atoms in total. The highest BCUT2D eigenvalue weighted by Crippen LogP contribution is 2.49. The van der Waals surface area contributed by atoms with Crippen molar-refractivity contribution in [3.8, 4) is 11.6 Å². The minimum Gasteiger partial charge on any atom is -0.479 e. The van der Waals surface area contributed by atoms with Gasteiger partial charge in [0.25, 0.3) is 0 Å². The van der Waals surface area contributed by atoms with Crippen molar-refractivity contribution >= 4 is 41.6 Å². The van der Waals surface area contributed by atoms with Crippen LogP contribution < -0.4 is 20.1 Å². The molecule has 248 valence electrons. The molecule has 1 fully saturated rings. The average molecular weight is 661 g/mol. The zero-order valence-electron chi connectivity index (χ0n) is 26.3. The number of fused-ring (bicyclic) bond motifs is 2. The van der Waals surface area contributed by atoms with Crippen LogP contribution in [0.4, 0.5) is 10.3 Å². The molecule has 0 radical (unpaired) electrons. The summed E-state index contributed by atoms with van der Waals surface area (Å²) in [5.74, 6) is -0.529. The number of aliphatic hydroxyl groups is 1. The van der Waals surface area contributed by atoms with Crippen molar-refractivity contribution in [2.24, 2.45) is 5.41 Å². The number of methoxy groups -OCH3 is 1. The average Bonchev–Trinajstić information content (AvgIpc) is 3.51. The summed E-state index contributed by atoms with van der Waals surface area (Å²) < 4.78 is 59.7. The fraction of sp³-hybridized carbons (Fsp3) is 0.467. The molecule has 3 heterocycles. The van der Waals surface area contributed by atoms with E-state index in [1.165, 1.54) is 31.9 Å². The number of carbonyl (C=O) groups is 1. The molecule has 0 aliphatic carbocycles. The van der Waals surface area contributed by atoms with Crippen molar-refractivity contribution in [3.05, 3.63) is 48.8 Å². The fourth-order valence-corrected chi connectivity index (χ4v) is 6.47. The molecule has 1 aliphatic heterocycles. The molecule has 2 aromatic carbocycles. The van der Waals surface area contributed by atoms with Crippen LogP contribution in [-0.4, -0.2) is 74.8 Å². The van der Waals surface area contributed by atoms with Crippen molar-refractivity contribution in [2.75, 3.05) is 26.1 Å². The lowest BCUT2D eigenvalue weighted by Gasteiger charge is -2.26. The van der Waals surface area contributed by atoms with Crippen LogP contribution in [0.1, 0.15) is 40.8 Å². The number of nitrogen functional groups attached to an aromatic ring is 1. The number of halogens is 1. The molecule has 1 aliphatic rings. The molecule has 6 unspecified atom stereocenters. The smallest absolute Gasteiger partial charge is 0.459 e. The lowest BCUT2D eigenvalue weighted by atomic mass is 9.98. The van der Waals surface area contributed by atoms with Crippen LogP contribution in [0.3, 0.4) is 0 Å². The zero-order valence-corrected chi connectivity index (χ0v) is 27.2. The Morgan fingerprint density at radius 1 is 1.24 bits per heavy atom. The van der Waals surface area contributed by atoms with E-state index in [1.807, 2.05) is 39.0 Å². The van der Waals surface area contributed by atoms with E-state index in [2.05, 4.69) is 20.0 Å². The number of carbonyl (C=O) groups excluding carboxylic acids is 1. The monoisotopic (exact) mass is 660 g/mol. The van der Waals surface area contributed by atoms with Gasteiger partial charge in [-0.1, -0.05) is 57.2 Å². The highest BCUT2D eigenvalue weighted by atomic mass is 31.2. The summed E-state index contributed by atoms with van der Waals surface area (Å²) in [6, 6.07) is 11.3. The van der Waals surface area contributed by atoms with Gasteiger partial charge < -0.3 is 29.6 Å². The van der Waals surface area contributed by atoms with E-state index in [-0.39, 0.29) is 40.8 Å². The second kappa shape index (κ2) is 12.7. The Bertz CT molecular complexity index is 1770. The lowest BCUT2D eigenvalue weighted by Crippen LogP contribution is -2.42. The second-order valence-electron chi connectivity index (χ2n) is 12.5. The number of ether oxygens (including phenoxy) is 3. The Labute approximate surface area is 264 Å². The van der Waals surface area contributed by atoms with Gasteiger partial charge in [0.15, 0.2) is 23.6 Å². The molecule has 4 aromatic rings. The molecule has 46 heavy (non-hydrogen) atoms. The molecule has 6 atom stereocenters. The van der Waals surface area contributed by atoms with E-state index in [4.69, 9.17) is 29.0 Å². The summed E-state index contributed by atoms with van der Waals surface area (Å²) in [6.07, 6.45) is -3.53. The van der Waals surface area contributed by atoms with E-state index in [9.17, 15) is 14.5 Å². The first-order chi connectivity index (χ1) is 21.6. The Morgan fingerprint density at radius 2 is 1.96 bits per heavy atom. The number of nitrogens with two attached hydrogens (primary N) is 1. The molecule has 2 aromatic heterocycles. The number of aromatic nitrogens is 4. The van der Waals surface area contributed by atoms with Gasteiger partial charge in [0.2, 0.25) is 11.8 Å². The summed E-state index contributed by atoms with van der Waals surface area (Å²) in [6.45, 7) is 7.88. The lowest BCUT2D eigenvalue weighted by molar-refractivity contribution is -0.148. The maximum Gasteiger partial charge on any atom is 0.459 e. The standard InChI is InChI=1S/C30H38FN6O8P/c1-17(26(38)42-15-29(2,3)4)36-46(40,45-20-13-9-11-18-10-7-8-12-19(18)20)43-14-21-23(31)30(5,39)27(44-21)37-16-33-22-24(37)34-28(32)35-25(22)41-6/h7-13,16-17,21,23,27,39H,14-15H2,1-6H3,(H,36,40)(H2,32,34,35). The van der Waals surface area contributed by atoms with Crippen LogP contribution in [0.2, 0.25) is 0 Å². The predicted molar refractivity (Wildman–Crippen MR) is 167 cm³/mol. The quantitative estimate of drug-likeness (QED) is 0.153. The Morgan fingerprint density at radius 3 is 2.67 bits per heavy atom. The van der Waals surface area contributed by atoms with Gasteiger partial charge >= 0.3 is 13.7 Å². The summed E-state index contributed by atoms with van der Waals surface area (Å²) in [7, 11) is -3.05. The molecule has 4 N–H and O–H groups in total. The zero-order chi connectivity index (χ0) is 33.4. The van der Waals surface area contributed by atoms with Crippen LogP contribution in [0.15, 0.2) is 48.8 Å². The van der Waals surface area contributed by atoms with Crippen molar-refractivity contribution in [1.29, 1.82) is 0 Å². The number of hydrogen-bond donors (Lipinski definition) is 3. The third-order valence-electron chi connectivity index (χ3n) is 7.27. The minimum atomic E-state index is -4.43. The fourth-order valence-electron chi connectivity index (χ4n) is 4.95. The van der Waals surface area contributed by atoms with Crippen LogP contribution >= 0.6 is 7.75 Å². The SMILES string of the molecule is COc1nc(N)nc2c1ncn2C1OC(COP(=O)(NC(C)C(=O)OCC(C)(C)C)Oc2cccc3ccccc23)C(F)C1(C)O. The summed E-state index contributed by atoms with van der Waals surface area (Å²) in [5.41, 5.74) is 3.75. The number of nitrogens with one attached hydrogen (secondary N) is 1. The van der Waals surface area contributed by atoms with Crippen LogP contribution in [0, 0.1) is 5.41 Å². The first kappa shape index (κ1) is 33.5. The number of rotatable bonds is 11. The van der Waals surface area contributed by atoms with E-state index in [0.29, 0.717) is 5.39 Å². The highest BCUT2D eigenvalue weighted by molar-refractivity contribution is 7.52. The molecular weight excluding hydrogens is 622 g/mol. The van der Waals surface area contributed by atoms with Gasteiger partial charge in [0.05, 0.1) is 26.7 Å². The number of esters is 1. The third kappa shape index (κ3) is 6.93. The molecule has 1 saturated heterocycles. The van der Waals surface area contributed by atoms with E-state index >= 15 is 4.39 Å². The van der Waals surface area contributed by atoms with Crippen molar-refractivity contribution in [3.63, 3.8) is 0 Å². The summed E-state index contributed by atoms with van der Waals surface area (Å²) in [4.78, 5) is 25.2. The van der Waals surface area contributed by atoms with Gasteiger partial charge in [-0.05, 0) is 30.7 Å². The van der Waals surface area contributed by atoms with Crippen molar-refractivity contribution < 1.29 is 42.1 Å². The number of imidazole rings is 1.